The number of hydrogen-bond donors (Lipinski definition) is 2. The van der Waals surface area contributed by atoms with Crippen LogP contribution in [0.25, 0.3) is 0 Å². The van der Waals surface area contributed by atoms with Gasteiger partial charge in [0.05, 0.1) is 18.4 Å². The molecule has 24 heavy (non-hydrogen) atoms. The maximum atomic E-state index is 12.4. The van der Waals surface area contributed by atoms with Gasteiger partial charge in [-0.25, -0.2) is 0 Å². The van der Waals surface area contributed by atoms with Crippen molar-refractivity contribution in [3.63, 3.8) is 0 Å². The number of ether oxygens (including phenoxy) is 1. The Hall–Kier alpha value is -2.04. The number of carboxylic acids is 1. The lowest BCUT2D eigenvalue weighted by Crippen LogP contribution is -2.39. The summed E-state index contributed by atoms with van der Waals surface area (Å²) in [5, 5.41) is 12.2. The fraction of sp³-hybridized carbons (Fsp3) is 0.579. The molecule has 1 fully saturated rings. The Morgan fingerprint density at radius 3 is 2.71 bits per heavy atom. The van der Waals surface area contributed by atoms with E-state index in [0.29, 0.717) is 26.0 Å². The first kappa shape index (κ1) is 18.3. The summed E-state index contributed by atoms with van der Waals surface area (Å²) < 4.78 is 5.67. The maximum absolute atomic E-state index is 12.4. The van der Waals surface area contributed by atoms with Gasteiger partial charge in [-0.3, -0.25) is 9.59 Å². The summed E-state index contributed by atoms with van der Waals surface area (Å²) in [5.74, 6) is -1.18. The SMILES string of the molecule is CCCCOc1cccc(CNC(=O)C2CCCCC2C(=O)O)c1. The summed E-state index contributed by atoms with van der Waals surface area (Å²) in [5.41, 5.74) is 0.958. The molecule has 2 unspecified atom stereocenters. The van der Waals surface area contributed by atoms with Crippen molar-refractivity contribution in [1.29, 1.82) is 0 Å². The fourth-order valence-electron chi connectivity index (χ4n) is 3.14. The van der Waals surface area contributed by atoms with E-state index in [1.807, 2.05) is 24.3 Å². The Bertz CT molecular complexity index is 558. The molecule has 0 saturated heterocycles. The Kier molecular flexibility index (Phi) is 7.09. The van der Waals surface area contributed by atoms with Gasteiger partial charge in [0.1, 0.15) is 5.75 Å². The van der Waals surface area contributed by atoms with Gasteiger partial charge in [-0.2, -0.15) is 0 Å². The van der Waals surface area contributed by atoms with Gasteiger partial charge in [0.2, 0.25) is 5.91 Å². The number of rotatable bonds is 8. The minimum atomic E-state index is -0.860. The second-order valence-corrected chi connectivity index (χ2v) is 6.40. The zero-order chi connectivity index (χ0) is 17.4. The first-order valence-corrected chi connectivity index (χ1v) is 8.84. The summed E-state index contributed by atoms with van der Waals surface area (Å²) in [6, 6.07) is 7.67. The number of carbonyl (C=O) groups excluding carboxylic acids is 1. The van der Waals surface area contributed by atoms with Crippen molar-refractivity contribution in [1.82, 2.24) is 5.32 Å². The lowest BCUT2D eigenvalue weighted by atomic mass is 9.78. The predicted octanol–water partition coefficient (Wildman–Crippen LogP) is 3.37. The van der Waals surface area contributed by atoms with E-state index in [1.165, 1.54) is 0 Å². The highest BCUT2D eigenvalue weighted by molar-refractivity contribution is 5.84. The molecule has 1 amide bonds. The smallest absolute Gasteiger partial charge is 0.307 e. The van der Waals surface area contributed by atoms with Crippen LogP contribution in [0.1, 0.15) is 51.0 Å². The molecule has 2 atom stereocenters. The predicted molar refractivity (Wildman–Crippen MR) is 91.8 cm³/mol. The highest BCUT2D eigenvalue weighted by atomic mass is 16.5. The number of aliphatic carboxylic acids is 1. The molecule has 1 saturated carbocycles. The molecule has 0 heterocycles. The van der Waals surface area contributed by atoms with E-state index in [1.54, 1.807) is 0 Å². The summed E-state index contributed by atoms with van der Waals surface area (Å²) in [6.45, 7) is 3.20. The molecule has 0 radical (unpaired) electrons. The van der Waals surface area contributed by atoms with Crippen molar-refractivity contribution < 1.29 is 19.4 Å². The van der Waals surface area contributed by atoms with Crippen molar-refractivity contribution >= 4 is 11.9 Å². The Morgan fingerprint density at radius 2 is 2.00 bits per heavy atom. The number of carbonyl (C=O) groups is 2. The van der Waals surface area contributed by atoms with E-state index in [-0.39, 0.29) is 5.91 Å². The van der Waals surface area contributed by atoms with E-state index < -0.39 is 17.8 Å². The monoisotopic (exact) mass is 333 g/mol. The highest BCUT2D eigenvalue weighted by Gasteiger charge is 2.35. The van der Waals surface area contributed by atoms with Crippen LogP contribution in [-0.2, 0) is 16.1 Å². The van der Waals surface area contributed by atoms with E-state index in [2.05, 4.69) is 12.2 Å². The molecular weight excluding hydrogens is 306 g/mol. The average Bonchev–Trinajstić information content (AvgIpc) is 2.60. The molecule has 132 valence electrons. The number of amides is 1. The minimum Gasteiger partial charge on any atom is -0.494 e. The molecule has 1 aliphatic carbocycles. The molecule has 1 aliphatic rings. The zero-order valence-electron chi connectivity index (χ0n) is 14.3. The van der Waals surface area contributed by atoms with Crippen LogP contribution >= 0.6 is 0 Å². The third kappa shape index (κ3) is 5.25. The lowest BCUT2D eigenvalue weighted by Gasteiger charge is -2.27. The molecular formula is C19H27NO4. The Morgan fingerprint density at radius 1 is 1.25 bits per heavy atom. The van der Waals surface area contributed by atoms with Crippen molar-refractivity contribution in [2.45, 2.75) is 52.0 Å². The number of hydrogen-bond acceptors (Lipinski definition) is 3. The molecule has 5 heteroatoms. The van der Waals surface area contributed by atoms with Crippen molar-refractivity contribution in [3.05, 3.63) is 29.8 Å². The lowest BCUT2D eigenvalue weighted by molar-refractivity contribution is -0.148. The molecule has 1 aromatic carbocycles. The van der Waals surface area contributed by atoms with Crippen molar-refractivity contribution in [2.24, 2.45) is 11.8 Å². The number of carboxylic acid groups (broad SMARTS) is 1. The van der Waals surface area contributed by atoms with Crippen LogP contribution in [-0.4, -0.2) is 23.6 Å². The molecule has 0 spiro atoms. The summed E-state index contributed by atoms with van der Waals surface area (Å²) in [6.07, 6.45) is 5.15. The van der Waals surface area contributed by atoms with E-state index in [4.69, 9.17) is 4.74 Å². The molecule has 0 aromatic heterocycles. The first-order chi connectivity index (χ1) is 11.6. The van der Waals surface area contributed by atoms with Gasteiger partial charge in [-0.15, -0.1) is 0 Å². The topological polar surface area (TPSA) is 75.6 Å². The van der Waals surface area contributed by atoms with Crippen molar-refractivity contribution in [3.8, 4) is 5.75 Å². The molecule has 0 bridgehead atoms. The number of nitrogens with one attached hydrogen (secondary N) is 1. The fourth-order valence-corrected chi connectivity index (χ4v) is 3.14. The largest absolute Gasteiger partial charge is 0.494 e. The highest BCUT2D eigenvalue weighted by Crippen LogP contribution is 2.30. The third-order valence-electron chi connectivity index (χ3n) is 4.55. The van der Waals surface area contributed by atoms with Gasteiger partial charge in [0, 0.05) is 6.54 Å². The summed E-state index contributed by atoms with van der Waals surface area (Å²) >= 11 is 0. The normalized spacial score (nSPS) is 20.4. The van der Waals surface area contributed by atoms with Crippen LogP contribution in [0.2, 0.25) is 0 Å². The average molecular weight is 333 g/mol. The van der Waals surface area contributed by atoms with Crippen LogP contribution < -0.4 is 10.1 Å². The van der Waals surface area contributed by atoms with Gasteiger partial charge in [-0.05, 0) is 37.0 Å². The summed E-state index contributed by atoms with van der Waals surface area (Å²) in [4.78, 5) is 23.7. The quantitative estimate of drug-likeness (QED) is 0.715. The van der Waals surface area contributed by atoms with E-state index in [9.17, 15) is 14.7 Å². The van der Waals surface area contributed by atoms with Gasteiger partial charge in [0.15, 0.2) is 0 Å². The van der Waals surface area contributed by atoms with Crippen LogP contribution in [0.3, 0.4) is 0 Å². The van der Waals surface area contributed by atoms with Crippen LogP contribution in [0.4, 0.5) is 0 Å². The van der Waals surface area contributed by atoms with Gasteiger partial charge in [-0.1, -0.05) is 38.3 Å². The van der Waals surface area contributed by atoms with E-state index in [0.717, 1.165) is 37.0 Å². The second kappa shape index (κ2) is 9.30. The van der Waals surface area contributed by atoms with Gasteiger partial charge >= 0.3 is 5.97 Å². The van der Waals surface area contributed by atoms with Crippen LogP contribution in [0.5, 0.6) is 5.75 Å². The second-order valence-electron chi connectivity index (χ2n) is 6.40. The van der Waals surface area contributed by atoms with Gasteiger partial charge in [0.25, 0.3) is 0 Å². The molecule has 0 aliphatic heterocycles. The Balaban J connectivity index is 1.88. The number of benzene rings is 1. The van der Waals surface area contributed by atoms with Crippen LogP contribution in [0.15, 0.2) is 24.3 Å². The number of unbranched alkanes of at least 4 members (excludes halogenated alkanes) is 1. The summed E-state index contributed by atoms with van der Waals surface area (Å²) in [7, 11) is 0. The molecule has 2 N–H and O–H groups in total. The van der Waals surface area contributed by atoms with E-state index >= 15 is 0 Å². The minimum absolute atomic E-state index is 0.153. The van der Waals surface area contributed by atoms with Crippen LogP contribution in [0, 0.1) is 11.8 Å². The standard InChI is InChI=1S/C19H27NO4/c1-2-3-11-24-15-8-6-7-14(12-15)13-20-18(21)16-9-4-5-10-17(16)19(22)23/h6-8,12,16-17H,2-5,9-11,13H2,1H3,(H,20,21)(H,22,23). The molecule has 5 nitrogen and oxygen atoms in total. The van der Waals surface area contributed by atoms with Crippen molar-refractivity contribution in [2.75, 3.05) is 6.61 Å². The third-order valence-corrected chi connectivity index (χ3v) is 4.55. The van der Waals surface area contributed by atoms with Gasteiger partial charge < -0.3 is 15.2 Å². The zero-order valence-corrected chi connectivity index (χ0v) is 14.3. The first-order valence-electron chi connectivity index (χ1n) is 8.84. The maximum Gasteiger partial charge on any atom is 0.307 e. The molecule has 1 aromatic rings. The molecule has 2 rings (SSSR count). The Labute approximate surface area is 143 Å².